The molecule has 0 bridgehead atoms. The number of para-hydroxylation sites is 3. The summed E-state index contributed by atoms with van der Waals surface area (Å²) in [5.74, 6) is 0.946. The van der Waals surface area contributed by atoms with Crippen LogP contribution < -0.4 is 0 Å². The summed E-state index contributed by atoms with van der Waals surface area (Å²) in [5, 5.41) is 7.79. The van der Waals surface area contributed by atoms with E-state index in [0.717, 1.165) is 28.1 Å². The normalized spacial score (nSPS) is 15.7. The molecular weight excluding hydrogens is 653 g/mol. The molecule has 1 aromatic heterocycles. The summed E-state index contributed by atoms with van der Waals surface area (Å²) >= 11 is 0. The van der Waals surface area contributed by atoms with Crippen molar-refractivity contribution in [2.45, 2.75) is 52.4 Å². The van der Waals surface area contributed by atoms with Crippen LogP contribution >= 0.6 is 0 Å². The highest BCUT2D eigenvalue weighted by atomic mass is 15.1. The Morgan fingerprint density at radius 2 is 0.870 bits per heavy atom. The average Bonchev–Trinajstić information content (AvgIpc) is 3.64. The Kier molecular flexibility index (Phi) is 6.95. The molecule has 0 saturated carbocycles. The van der Waals surface area contributed by atoms with Gasteiger partial charge in [-0.1, -0.05) is 157 Å². The molecule has 8 aromatic carbocycles. The van der Waals surface area contributed by atoms with E-state index in [1.807, 2.05) is 0 Å². The van der Waals surface area contributed by atoms with Gasteiger partial charge < -0.3 is 0 Å². The molecule has 1 aliphatic rings. The molecule has 0 saturated heterocycles. The van der Waals surface area contributed by atoms with Crippen molar-refractivity contribution >= 4 is 43.4 Å². The summed E-state index contributed by atoms with van der Waals surface area (Å²) in [5.41, 5.74) is 12.2. The van der Waals surface area contributed by atoms with Crippen LogP contribution in [-0.2, 0) is 10.8 Å². The number of hydrogen-bond donors (Lipinski definition) is 0. The van der Waals surface area contributed by atoms with Gasteiger partial charge in [-0.15, -0.1) is 0 Å². The first kappa shape index (κ1) is 32.6. The van der Waals surface area contributed by atoms with Crippen molar-refractivity contribution in [3.05, 3.63) is 169 Å². The maximum atomic E-state index is 5.16. The Bertz CT molecular complexity index is 2900. The van der Waals surface area contributed by atoms with Gasteiger partial charge in [-0.2, -0.15) is 0 Å². The molecule has 0 N–H and O–H groups in total. The second kappa shape index (κ2) is 11.5. The van der Waals surface area contributed by atoms with Crippen molar-refractivity contribution in [3.8, 4) is 39.3 Å². The first-order valence-corrected chi connectivity index (χ1v) is 19.2. The Morgan fingerprint density at radius 1 is 0.407 bits per heavy atom. The predicted octanol–water partition coefficient (Wildman–Crippen LogP) is 14.1. The molecule has 54 heavy (non-hydrogen) atoms. The fourth-order valence-electron chi connectivity index (χ4n) is 9.50. The maximum Gasteiger partial charge on any atom is 0.145 e. The van der Waals surface area contributed by atoms with Gasteiger partial charge in [0.05, 0.1) is 11.0 Å². The molecule has 1 aliphatic carbocycles. The van der Waals surface area contributed by atoms with E-state index >= 15 is 0 Å². The van der Waals surface area contributed by atoms with Crippen LogP contribution in [0.25, 0.3) is 82.7 Å². The van der Waals surface area contributed by atoms with Gasteiger partial charge in [-0.05, 0) is 124 Å². The summed E-state index contributed by atoms with van der Waals surface area (Å²) in [7, 11) is 0. The maximum absolute atomic E-state index is 5.16. The zero-order valence-electron chi connectivity index (χ0n) is 31.9. The van der Waals surface area contributed by atoms with Crippen LogP contribution in [0.5, 0.6) is 0 Å². The van der Waals surface area contributed by atoms with E-state index in [9.17, 15) is 0 Å². The third-order valence-electron chi connectivity index (χ3n) is 13.7. The Balaban J connectivity index is 1.20. The molecule has 2 heteroatoms. The Hall–Kier alpha value is -5.99. The van der Waals surface area contributed by atoms with Gasteiger partial charge in [0.15, 0.2) is 0 Å². The van der Waals surface area contributed by atoms with E-state index in [0.29, 0.717) is 0 Å². The van der Waals surface area contributed by atoms with Gasteiger partial charge in [0, 0.05) is 11.3 Å². The number of aromatic nitrogens is 2. The fourth-order valence-corrected chi connectivity index (χ4v) is 9.50. The SMILES string of the molecule is CC1(C)c2cc(-c3ccc(-c4nc5ccccc5n4-c4ccccc4)cc3)c(-c3ccc4c5ccccc5c5ccccc5c4c3)cc2C(C)(C)C1(C)C. The molecule has 0 spiro atoms. The van der Waals surface area contributed by atoms with Crippen LogP contribution in [0.2, 0.25) is 0 Å². The van der Waals surface area contributed by atoms with Gasteiger partial charge in [0.25, 0.3) is 0 Å². The number of hydrogen-bond acceptors (Lipinski definition) is 1. The van der Waals surface area contributed by atoms with E-state index in [4.69, 9.17) is 4.98 Å². The monoisotopic (exact) mass is 696 g/mol. The highest BCUT2D eigenvalue weighted by Gasteiger charge is 2.57. The number of rotatable bonds is 4. The first-order valence-electron chi connectivity index (χ1n) is 19.2. The molecular formula is C52H44N2. The second-order valence-electron chi connectivity index (χ2n) is 16.8. The number of imidazole rings is 1. The lowest BCUT2D eigenvalue weighted by molar-refractivity contribution is 0.125. The van der Waals surface area contributed by atoms with Crippen molar-refractivity contribution in [2.24, 2.45) is 5.41 Å². The third-order valence-corrected chi connectivity index (χ3v) is 13.7. The van der Waals surface area contributed by atoms with Crippen molar-refractivity contribution in [2.75, 3.05) is 0 Å². The predicted molar refractivity (Wildman–Crippen MR) is 230 cm³/mol. The molecule has 0 radical (unpaired) electrons. The van der Waals surface area contributed by atoms with Gasteiger partial charge in [-0.25, -0.2) is 4.98 Å². The number of fused-ring (bicyclic) bond motifs is 8. The van der Waals surface area contributed by atoms with Gasteiger partial charge in [0.1, 0.15) is 5.82 Å². The van der Waals surface area contributed by atoms with Gasteiger partial charge >= 0.3 is 0 Å². The summed E-state index contributed by atoms with van der Waals surface area (Å²) in [6.45, 7) is 14.7. The molecule has 2 nitrogen and oxygen atoms in total. The molecule has 0 fully saturated rings. The smallest absolute Gasteiger partial charge is 0.145 e. The zero-order valence-corrected chi connectivity index (χ0v) is 31.9. The van der Waals surface area contributed by atoms with Gasteiger partial charge in [0.2, 0.25) is 0 Å². The minimum Gasteiger partial charge on any atom is -0.292 e. The van der Waals surface area contributed by atoms with Crippen molar-refractivity contribution in [1.29, 1.82) is 0 Å². The minimum absolute atomic E-state index is 0.0146. The van der Waals surface area contributed by atoms with Crippen molar-refractivity contribution in [1.82, 2.24) is 9.55 Å². The van der Waals surface area contributed by atoms with E-state index in [1.165, 1.54) is 65.7 Å². The summed E-state index contributed by atoms with van der Waals surface area (Å²) in [4.78, 5) is 5.16. The molecule has 0 unspecified atom stereocenters. The highest BCUT2D eigenvalue weighted by molar-refractivity contribution is 6.25. The van der Waals surface area contributed by atoms with E-state index < -0.39 is 0 Å². The lowest BCUT2D eigenvalue weighted by Gasteiger charge is -2.44. The molecule has 0 atom stereocenters. The lowest BCUT2D eigenvalue weighted by Crippen LogP contribution is -2.42. The lowest BCUT2D eigenvalue weighted by atomic mass is 9.59. The summed E-state index contributed by atoms with van der Waals surface area (Å²) in [6, 6.07) is 58.0. The molecule has 262 valence electrons. The van der Waals surface area contributed by atoms with Crippen LogP contribution in [0.4, 0.5) is 0 Å². The standard InChI is InChI=1S/C52H44N2/c1-50(2)45-31-42(33-24-26-34(27-25-33)49-53-47-22-14-15-23-48(47)54(49)36-16-8-7-9-17-36)43(32-46(45)51(3,4)52(50,5)6)35-28-29-41-39-20-11-10-18-37(39)38-19-12-13-21-40(38)44(41)30-35/h7-32H,1-6H3. The second-order valence-corrected chi connectivity index (χ2v) is 16.8. The summed E-state index contributed by atoms with van der Waals surface area (Å²) < 4.78 is 2.28. The van der Waals surface area contributed by atoms with Crippen LogP contribution in [0, 0.1) is 5.41 Å². The van der Waals surface area contributed by atoms with Crippen LogP contribution in [0.1, 0.15) is 52.7 Å². The zero-order chi connectivity index (χ0) is 37.0. The minimum atomic E-state index is -0.0158. The number of benzene rings is 8. The van der Waals surface area contributed by atoms with Crippen LogP contribution in [-0.4, -0.2) is 9.55 Å². The molecule has 9 aromatic rings. The van der Waals surface area contributed by atoms with E-state index in [2.05, 4.69) is 204 Å². The molecule has 0 aliphatic heterocycles. The molecule has 1 heterocycles. The van der Waals surface area contributed by atoms with Crippen molar-refractivity contribution < 1.29 is 0 Å². The Morgan fingerprint density at radius 3 is 1.48 bits per heavy atom. The van der Waals surface area contributed by atoms with Crippen molar-refractivity contribution in [3.63, 3.8) is 0 Å². The van der Waals surface area contributed by atoms with Crippen LogP contribution in [0.3, 0.4) is 0 Å². The Labute approximate surface area is 317 Å². The van der Waals surface area contributed by atoms with Crippen LogP contribution in [0.15, 0.2) is 158 Å². The molecule has 0 amide bonds. The quantitative estimate of drug-likeness (QED) is 0.168. The fraction of sp³-hybridized carbons (Fsp3) is 0.173. The van der Waals surface area contributed by atoms with E-state index in [1.54, 1.807) is 0 Å². The summed E-state index contributed by atoms with van der Waals surface area (Å²) in [6.07, 6.45) is 0. The first-order chi connectivity index (χ1) is 26.1. The van der Waals surface area contributed by atoms with E-state index in [-0.39, 0.29) is 16.2 Å². The third kappa shape index (κ3) is 4.49. The molecule has 10 rings (SSSR count). The average molecular weight is 697 g/mol. The number of nitrogens with zero attached hydrogens (tertiary/aromatic N) is 2. The van der Waals surface area contributed by atoms with Gasteiger partial charge in [-0.3, -0.25) is 4.57 Å². The highest BCUT2D eigenvalue weighted by Crippen LogP contribution is 2.62. The largest absolute Gasteiger partial charge is 0.292 e. The topological polar surface area (TPSA) is 17.8 Å².